The second-order valence-corrected chi connectivity index (χ2v) is 6.55. The summed E-state index contributed by atoms with van der Waals surface area (Å²) in [6, 6.07) is 4.55. The SMILES string of the molecule is Nc1ccc2[nH]nc(C(=O)NC3C=CS(=O)(=O)C3)c2c1. The molecule has 1 unspecified atom stereocenters. The van der Waals surface area contributed by atoms with Gasteiger partial charge in [0.15, 0.2) is 15.5 Å². The highest BCUT2D eigenvalue weighted by Crippen LogP contribution is 2.19. The Kier molecular flexibility index (Phi) is 2.75. The topological polar surface area (TPSA) is 118 Å². The lowest BCUT2D eigenvalue weighted by atomic mass is 10.2. The molecule has 0 aliphatic carbocycles. The fourth-order valence-electron chi connectivity index (χ4n) is 2.11. The van der Waals surface area contributed by atoms with Crippen LogP contribution in [0.15, 0.2) is 29.7 Å². The number of anilines is 1. The third-order valence-corrected chi connectivity index (χ3v) is 4.44. The molecule has 4 N–H and O–H groups in total. The van der Waals surface area contributed by atoms with Crippen LogP contribution in [0.1, 0.15) is 10.5 Å². The fourth-order valence-corrected chi connectivity index (χ4v) is 3.34. The zero-order valence-electron chi connectivity index (χ0n) is 10.3. The van der Waals surface area contributed by atoms with Gasteiger partial charge in [0.2, 0.25) is 0 Å². The Bertz CT molecular complexity index is 822. The number of H-pyrrole nitrogens is 1. The van der Waals surface area contributed by atoms with Crippen molar-refractivity contribution in [3.63, 3.8) is 0 Å². The predicted molar refractivity (Wildman–Crippen MR) is 74.7 cm³/mol. The maximum absolute atomic E-state index is 12.1. The van der Waals surface area contributed by atoms with Crippen LogP contribution in [-0.4, -0.2) is 36.3 Å². The number of hydrogen-bond acceptors (Lipinski definition) is 5. The molecule has 1 amide bonds. The van der Waals surface area contributed by atoms with Crippen molar-refractivity contribution in [2.45, 2.75) is 6.04 Å². The van der Waals surface area contributed by atoms with Crippen molar-refractivity contribution in [2.75, 3.05) is 11.5 Å². The maximum atomic E-state index is 12.1. The highest BCUT2D eigenvalue weighted by atomic mass is 32.2. The number of amides is 1. The first-order chi connectivity index (χ1) is 9.44. The number of hydrogen-bond donors (Lipinski definition) is 3. The Labute approximate surface area is 114 Å². The molecule has 0 radical (unpaired) electrons. The standard InChI is InChI=1S/C12H12N4O3S/c13-7-1-2-10-9(5-7)11(16-15-10)12(17)14-8-3-4-20(18,19)6-8/h1-5,8H,6,13H2,(H,14,17)(H,15,16). The summed E-state index contributed by atoms with van der Waals surface area (Å²) in [6.45, 7) is 0. The van der Waals surface area contributed by atoms with E-state index in [0.29, 0.717) is 16.6 Å². The minimum Gasteiger partial charge on any atom is -0.399 e. The number of carbonyl (C=O) groups excluding carboxylic acids is 1. The van der Waals surface area contributed by atoms with Gasteiger partial charge in [-0.05, 0) is 24.3 Å². The second kappa shape index (κ2) is 4.34. The van der Waals surface area contributed by atoms with Gasteiger partial charge in [-0.15, -0.1) is 0 Å². The number of sulfone groups is 1. The van der Waals surface area contributed by atoms with Gasteiger partial charge in [0, 0.05) is 16.5 Å². The molecule has 1 aromatic carbocycles. The molecule has 1 aliphatic heterocycles. The molecule has 3 rings (SSSR count). The van der Waals surface area contributed by atoms with Crippen LogP contribution >= 0.6 is 0 Å². The van der Waals surface area contributed by atoms with Gasteiger partial charge in [-0.2, -0.15) is 5.10 Å². The van der Waals surface area contributed by atoms with E-state index < -0.39 is 21.8 Å². The molecule has 1 aliphatic rings. The summed E-state index contributed by atoms with van der Waals surface area (Å²) in [5, 5.41) is 11.0. The maximum Gasteiger partial charge on any atom is 0.272 e. The number of carbonyl (C=O) groups is 1. The van der Waals surface area contributed by atoms with Gasteiger partial charge in [-0.1, -0.05) is 0 Å². The zero-order chi connectivity index (χ0) is 14.3. The number of aromatic nitrogens is 2. The van der Waals surface area contributed by atoms with E-state index in [4.69, 9.17) is 5.73 Å². The molecule has 1 atom stereocenters. The zero-order valence-corrected chi connectivity index (χ0v) is 11.1. The molecule has 0 saturated carbocycles. The first-order valence-electron chi connectivity index (χ1n) is 5.90. The summed E-state index contributed by atoms with van der Waals surface area (Å²) in [5.41, 5.74) is 7.10. The van der Waals surface area contributed by atoms with E-state index in [-0.39, 0.29) is 11.4 Å². The number of benzene rings is 1. The molecule has 7 nitrogen and oxygen atoms in total. The summed E-state index contributed by atoms with van der Waals surface area (Å²) in [7, 11) is -3.20. The van der Waals surface area contributed by atoms with E-state index in [9.17, 15) is 13.2 Å². The predicted octanol–water partition coefficient (Wildman–Crippen LogP) is 0.186. The minimum atomic E-state index is -3.20. The smallest absolute Gasteiger partial charge is 0.272 e. The van der Waals surface area contributed by atoms with Gasteiger partial charge in [0.1, 0.15) is 0 Å². The van der Waals surface area contributed by atoms with Crippen molar-refractivity contribution in [1.29, 1.82) is 0 Å². The average Bonchev–Trinajstić information content (AvgIpc) is 2.92. The molecule has 2 heterocycles. The van der Waals surface area contributed by atoms with E-state index >= 15 is 0 Å². The average molecular weight is 292 g/mol. The Morgan fingerprint density at radius 1 is 1.45 bits per heavy atom. The Hall–Kier alpha value is -2.35. The Morgan fingerprint density at radius 3 is 2.95 bits per heavy atom. The highest BCUT2D eigenvalue weighted by Gasteiger charge is 2.25. The van der Waals surface area contributed by atoms with Crippen LogP contribution in [0, 0.1) is 0 Å². The van der Waals surface area contributed by atoms with Crippen LogP contribution in [0.25, 0.3) is 10.9 Å². The molecule has 1 aromatic heterocycles. The molecule has 8 heteroatoms. The third kappa shape index (κ3) is 2.25. The van der Waals surface area contributed by atoms with Crippen molar-refractivity contribution >= 4 is 32.3 Å². The molecule has 20 heavy (non-hydrogen) atoms. The number of nitrogens with zero attached hydrogens (tertiary/aromatic N) is 1. The van der Waals surface area contributed by atoms with Gasteiger partial charge in [0.25, 0.3) is 5.91 Å². The molecular formula is C12H12N4O3S. The number of nitrogen functional groups attached to an aromatic ring is 1. The lowest BCUT2D eigenvalue weighted by Gasteiger charge is -2.08. The lowest BCUT2D eigenvalue weighted by molar-refractivity contribution is 0.0944. The monoisotopic (exact) mass is 292 g/mol. The van der Waals surface area contributed by atoms with E-state index in [0.717, 1.165) is 5.41 Å². The molecule has 2 aromatic rings. The highest BCUT2D eigenvalue weighted by molar-refractivity contribution is 7.94. The van der Waals surface area contributed by atoms with E-state index in [2.05, 4.69) is 15.5 Å². The van der Waals surface area contributed by atoms with Gasteiger partial charge >= 0.3 is 0 Å². The van der Waals surface area contributed by atoms with Crippen molar-refractivity contribution in [3.05, 3.63) is 35.4 Å². The summed E-state index contributed by atoms with van der Waals surface area (Å²) in [4.78, 5) is 12.1. The number of aromatic amines is 1. The van der Waals surface area contributed by atoms with E-state index in [1.807, 2.05) is 0 Å². The molecule has 0 fully saturated rings. The van der Waals surface area contributed by atoms with Crippen molar-refractivity contribution in [3.8, 4) is 0 Å². The van der Waals surface area contributed by atoms with Crippen molar-refractivity contribution in [1.82, 2.24) is 15.5 Å². The molecule has 0 spiro atoms. The largest absolute Gasteiger partial charge is 0.399 e. The van der Waals surface area contributed by atoms with Crippen LogP contribution in [-0.2, 0) is 9.84 Å². The molecular weight excluding hydrogens is 280 g/mol. The lowest BCUT2D eigenvalue weighted by Crippen LogP contribution is -2.35. The van der Waals surface area contributed by atoms with Crippen LogP contribution < -0.4 is 11.1 Å². The van der Waals surface area contributed by atoms with Crippen molar-refractivity contribution in [2.24, 2.45) is 0 Å². The van der Waals surface area contributed by atoms with Gasteiger partial charge in [-0.25, -0.2) is 8.42 Å². The summed E-state index contributed by atoms with van der Waals surface area (Å²) < 4.78 is 22.6. The number of rotatable bonds is 2. The summed E-state index contributed by atoms with van der Waals surface area (Å²) >= 11 is 0. The Balaban J connectivity index is 1.86. The quantitative estimate of drug-likeness (QED) is 0.683. The second-order valence-electron chi connectivity index (χ2n) is 4.62. The van der Waals surface area contributed by atoms with Crippen molar-refractivity contribution < 1.29 is 13.2 Å². The minimum absolute atomic E-state index is 0.122. The van der Waals surface area contributed by atoms with Crippen LogP contribution in [0.3, 0.4) is 0 Å². The van der Waals surface area contributed by atoms with Crippen LogP contribution in [0.2, 0.25) is 0 Å². The molecule has 0 saturated heterocycles. The molecule has 104 valence electrons. The normalized spacial score (nSPS) is 20.3. The van der Waals surface area contributed by atoms with Crippen LogP contribution in [0.5, 0.6) is 0 Å². The summed E-state index contributed by atoms with van der Waals surface area (Å²) in [6.07, 6.45) is 1.45. The van der Waals surface area contributed by atoms with E-state index in [1.165, 1.54) is 6.08 Å². The van der Waals surface area contributed by atoms with E-state index in [1.54, 1.807) is 18.2 Å². The number of fused-ring (bicyclic) bond motifs is 1. The Morgan fingerprint density at radius 2 is 2.25 bits per heavy atom. The third-order valence-electron chi connectivity index (χ3n) is 3.05. The fraction of sp³-hybridized carbons (Fsp3) is 0.167. The van der Waals surface area contributed by atoms with Gasteiger partial charge in [-0.3, -0.25) is 9.89 Å². The molecule has 0 bridgehead atoms. The first kappa shape index (κ1) is 12.7. The van der Waals surface area contributed by atoms with Crippen LogP contribution in [0.4, 0.5) is 5.69 Å². The van der Waals surface area contributed by atoms with Gasteiger partial charge < -0.3 is 11.1 Å². The summed E-state index contributed by atoms with van der Waals surface area (Å²) in [5.74, 6) is -0.558. The van der Waals surface area contributed by atoms with Gasteiger partial charge in [0.05, 0.1) is 17.3 Å². The first-order valence-corrected chi connectivity index (χ1v) is 7.61. The number of nitrogens with two attached hydrogens (primary N) is 1. The number of nitrogens with one attached hydrogen (secondary N) is 2.